The number of benzene rings is 5. The first kappa shape index (κ1) is 53.9. The number of nitrogens with zero attached hydrogens (tertiary/aromatic N) is 1. The van der Waals surface area contributed by atoms with E-state index in [0.717, 1.165) is 46.1 Å². The van der Waals surface area contributed by atoms with E-state index in [1.165, 1.54) is 51.6 Å². The van der Waals surface area contributed by atoms with Crippen LogP contribution in [-0.2, 0) is 43.8 Å². The Morgan fingerprint density at radius 2 is 1.11 bits per heavy atom. The maximum absolute atomic E-state index is 13.6. The van der Waals surface area contributed by atoms with Crippen LogP contribution in [0.2, 0.25) is 0 Å². The van der Waals surface area contributed by atoms with Crippen molar-refractivity contribution in [3.8, 4) is 11.5 Å². The van der Waals surface area contributed by atoms with E-state index in [4.69, 9.17) is 15.2 Å². The Hall–Kier alpha value is -5.47. The molecule has 0 aromatic heterocycles. The number of nitrogens with one attached hydrogen (secondary N) is 1. The number of carboxylic acid groups (broad SMARTS) is 1. The predicted molar refractivity (Wildman–Crippen MR) is 248 cm³/mol. The predicted octanol–water partition coefficient (Wildman–Crippen LogP) is 9.13. The number of esters is 1. The van der Waals surface area contributed by atoms with Crippen LogP contribution in [0.4, 0.5) is 0 Å². The first-order valence-corrected chi connectivity index (χ1v) is 22.3. The fourth-order valence-corrected chi connectivity index (χ4v) is 9.78. The molecule has 2 unspecified atom stereocenters. The summed E-state index contributed by atoms with van der Waals surface area (Å²) in [6.07, 6.45) is 0. The Bertz CT molecular complexity index is 2490. The van der Waals surface area contributed by atoms with Crippen molar-refractivity contribution in [1.29, 1.82) is 0 Å². The smallest absolute Gasteiger partial charge is 0.320 e. The van der Waals surface area contributed by atoms with E-state index in [1.807, 2.05) is 95.3 Å². The summed E-state index contributed by atoms with van der Waals surface area (Å²) in [6.45, 7) is 22.3. The molecule has 0 spiro atoms. The van der Waals surface area contributed by atoms with Gasteiger partial charge in [0.1, 0.15) is 0 Å². The minimum atomic E-state index is -3.81. The summed E-state index contributed by atoms with van der Waals surface area (Å²) in [4.78, 5) is 33.6. The van der Waals surface area contributed by atoms with Crippen molar-refractivity contribution in [2.24, 2.45) is 11.7 Å². The zero-order chi connectivity index (χ0) is 47.8. The molecule has 350 valence electrons. The number of aliphatic carboxylic acids is 1. The Labute approximate surface area is 396 Å². The van der Waals surface area contributed by atoms with Gasteiger partial charge < -0.3 is 25.1 Å². The summed E-state index contributed by atoms with van der Waals surface area (Å²) in [5.41, 5.74) is 22.0. The van der Waals surface area contributed by atoms with Crippen LogP contribution >= 0.6 is 0 Å². The largest absolute Gasteiger partial charge is 0.481 e. The maximum atomic E-state index is 13.6. The molecule has 65 heavy (non-hydrogen) atoms. The zero-order valence-corrected chi connectivity index (χ0v) is 41.7. The number of hydrogen-bond donors (Lipinski definition) is 3. The summed E-state index contributed by atoms with van der Waals surface area (Å²) in [6, 6.07) is 22.4. The van der Waals surface area contributed by atoms with Gasteiger partial charge in [0.2, 0.25) is 23.4 Å². The first-order valence-electron chi connectivity index (χ1n) is 20.9. The third-order valence-electron chi connectivity index (χ3n) is 12.9. The van der Waals surface area contributed by atoms with Gasteiger partial charge in [0.15, 0.2) is 17.4 Å². The van der Waals surface area contributed by atoms with Gasteiger partial charge >= 0.3 is 11.9 Å². The van der Waals surface area contributed by atoms with Gasteiger partial charge in [-0.25, -0.2) is 13.1 Å². The average Bonchev–Trinajstić information content (AvgIpc) is 3.76. The second kappa shape index (κ2) is 23.1. The number of nitro groups is 1. The molecule has 0 bridgehead atoms. The molecule has 15 heteroatoms. The van der Waals surface area contributed by atoms with Crippen LogP contribution in [0.5, 0.6) is 11.5 Å². The van der Waals surface area contributed by atoms with Crippen LogP contribution in [0.25, 0.3) is 0 Å². The minimum Gasteiger partial charge on any atom is -0.481 e. The first-order chi connectivity index (χ1) is 30.0. The molecule has 4 atom stereocenters. The molecule has 13 nitrogen and oxygen atoms in total. The van der Waals surface area contributed by atoms with Gasteiger partial charge in [0.05, 0.1) is 30.0 Å². The van der Waals surface area contributed by atoms with Crippen LogP contribution < -0.4 is 19.9 Å². The van der Waals surface area contributed by atoms with Crippen LogP contribution in [0.1, 0.15) is 95.9 Å². The quantitative estimate of drug-likeness (QED) is 0.0354. The van der Waals surface area contributed by atoms with Gasteiger partial charge in [0.25, 0.3) is 0 Å². The van der Waals surface area contributed by atoms with E-state index < -0.39 is 57.3 Å². The molecule has 1 aliphatic heterocycles. The van der Waals surface area contributed by atoms with E-state index >= 15 is 0 Å². The molecule has 0 fully saturated rings. The second-order valence-electron chi connectivity index (χ2n) is 16.2. The molecule has 0 radical (unpaired) electrons. The van der Waals surface area contributed by atoms with E-state index in [-0.39, 0.29) is 26.3 Å². The van der Waals surface area contributed by atoms with E-state index in [9.17, 15) is 33.2 Å². The maximum Gasteiger partial charge on any atom is 0.320 e. The van der Waals surface area contributed by atoms with Gasteiger partial charge in [-0.2, -0.15) is 0 Å². The summed E-state index contributed by atoms with van der Waals surface area (Å²) < 4.78 is 45.0. The van der Waals surface area contributed by atoms with Crippen molar-refractivity contribution in [2.75, 3.05) is 20.4 Å². The second-order valence-corrected chi connectivity index (χ2v) is 17.9. The minimum absolute atomic E-state index is 0. The van der Waals surface area contributed by atoms with Gasteiger partial charge in [-0.3, -0.25) is 19.7 Å². The summed E-state index contributed by atoms with van der Waals surface area (Å²) in [5, 5.41) is 20.1. The van der Waals surface area contributed by atoms with Gasteiger partial charge in [0, 0.05) is 24.4 Å². The molecule has 1 aliphatic rings. The van der Waals surface area contributed by atoms with E-state index in [1.54, 1.807) is 0 Å². The molecule has 0 saturated heterocycles. The molecule has 5 aromatic rings. The SMILES string of the molecule is COC(=O)C(C(=O)O)C(C[N+](=O)[O-])c1ccc2c(c1)OCO2.Cc1c(C)c(C)c(C)c(C)c1C.Cc1c(C)c(C)c(S(=O)(=O)N[C@@H](c2ccccc2)[C@@H](N)c2ccccc2)c(C)c1C.[Ru]. The fraction of sp³-hybridized carbons (Fsp3) is 0.360. The summed E-state index contributed by atoms with van der Waals surface area (Å²) in [5.74, 6) is -4.60. The number of carboxylic acids is 1. The van der Waals surface area contributed by atoms with Crippen LogP contribution in [0, 0.1) is 92.2 Å². The summed E-state index contributed by atoms with van der Waals surface area (Å²) >= 11 is 0. The van der Waals surface area contributed by atoms with E-state index in [0.29, 0.717) is 22.0 Å². The number of ether oxygens (including phenoxy) is 3. The standard InChI is InChI=1S/C25H30N2O2S.C13H13NO8.C12H18.Ru/c1-16-17(2)19(4)25(20(5)18(16)3)30(28,29)27-24(22-14-10-7-11-15-22)23(26)21-12-8-6-9-13-21;1-20-13(17)11(12(15)16)8(5-14(18)19)7-2-3-9-10(4-7)22-6-21-9;1-7-8(2)10(4)12(6)11(5)9(7)3;/h6-15,23-24,27H,26H2,1-5H3;2-4,8,11H,5-6H2,1H3,(H,15,16);1-6H3;/t23-,24-;;;/m0.../s1. The molecular formula is C50H61N3O10RuS. The van der Waals surface area contributed by atoms with Gasteiger partial charge in [-0.1, -0.05) is 66.7 Å². The Morgan fingerprint density at radius 1 is 0.692 bits per heavy atom. The average molecular weight is 997 g/mol. The van der Waals surface area contributed by atoms with Crippen LogP contribution in [0.15, 0.2) is 83.8 Å². The normalized spacial score (nSPS) is 13.4. The van der Waals surface area contributed by atoms with Crippen molar-refractivity contribution in [1.82, 2.24) is 4.72 Å². The molecular weight excluding hydrogens is 936 g/mol. The third-order valence-corrected chi connectivity index (χ3v) is 14.6. The Kier molecular flexibility index (Phi) is 19.2. The third kappa shape index (κ3) is 12.5. The summed E-state index contributed by atoms with van der Waals surface area (Å²) in [7, 11) is -2.78. The van der Waals surface area contributed by atoms with Gasteiger partial charge in [-0.05, 0) is 166 Å². The number of fused-ring (bicyclic) bond motifs is 1. The molecule has 4 N–H and O–H groups in total. The van der Waals surface area contributed by atoms with Crippen LogP contribution in [-0.4, -0.2) is 50.8 Å². The Morgan fingerprint density at radius 3 is 1.52 bits per heavy atom. The molecule has 0 aliphatic carbocycles. The molecule has 6 rings (SSSR count). The van der Waals surface area contributed by atoms with Crippen molar-refractivity contribution in [3.63, 3.8) is 0 Å². The fourth-order valence-electron chi connectivity index (χ4n) is 7.93. The topological polar surface area (TPSA) is 197 Å². The molecule has 1 heterocycles. The molecule has 0 saturated carbocycles. The van der Waals surface area contributed by atoms with E-state index in [2.05, 4.69) is 51.0 Å². The van der Waals surface area contributed by atoms with Crippen molar-refractivity contribution in [2.45, 2.75) is 99.1 Å². The number of sulfonamides is 1. The Balaban J connectivity index is 0.000000281. The number of rotatable bonds is 12. The number of carbonyl (C=O) groups is 2. The number of methoxy groups -OCH3 is 1. The monoisotopic (exact) mass is 997 g/mol. The van der Waals surface area contributed by atoms with Crippen molar-refractivity contribution in [3.05, 3.63) is 167 Å². The van der Waals surface area contributed by atoms with Gasteiger partial charge in [-0.15, -0.1) is 0 Å². The van der Waals surface area contributed by atoms with Crippen molar-refractivity contribution >= 4 is 22.0 Å². The molecule has 0 amide bonds. The number of hydrogen-bond acceptors (Lipinski definition) is 10. The number of nitrogens with two attached hydrogens (primary N) is 1. The zero-order valence-electron chi connectivity index (χ0n) is 39.1. The molecule has 5 aromatic carbocycles. The van der Waals surface area contributed by atoms with Crippen molar-refractivity contribution < 1.29 is 61.7 Å². The van der Waals surface area contributed by atoms with Crippen LogP contribution in [0.3, 0.4) is 0 Å². The number of carbonyl (C=O) groups excluding carboxylic acids is 1.